The van der Waals surface area contributed by atoms with Gasteiger partial charge in [-0.2, -0.15) is 0 Å². The third-order valence-electron chi connectivity index (χ3n) is 13.4. The second-order valence-electron chi connectivity index (χ2n) is 17.1. The lowest BCUT2D eigenvalue weighted by atomic mass is 9.84. The number of hydrogen-bond donors (Lipinski definition) is 0. The Morgan fingerprint density at radius 1 is 0.169 bits per heavy atom. The van der Waals surface area contributed by atoms with Crippen molar-refractivity contribution in [2.24, 2.45) is 0 Å². The number of fused-ring (bicyclic) bond motifs is 7. The van der Waals surface area contributed by atoms with Crippen LogP contribution in [-0.4, -0.2) is 0 Å². The van der Waals surface area contributed by atoms with Gasteiger partial charge in [0, 0.05) is 10.8 Å². The van der Waals surface area contributed by atoms with Crippen LogP contribution >= 0.6 is 0 Å². The summed E-state index contributed by atoms with van der Waals surface area (Å²) in [6.07, 6.45) is 0. The van der Waals surface area contributed by atoms with Crippen LogP contribution in [0.25, 0.3) is 132 Å². The van der Waals surface area contributed by atoms with Crippen LogP contribution in [0.4, 0.5) is 0 Å². The number of furan rings is 1. The van der Waals surface area contributed by atoms with E-state index in [9.17, 15) is 0 Å². The molecule has 1 heteroatoms. The van der Waals surface area contributed by atoms with Gasteiger partial charge in [0.15, 0.2) is 0 Å². The molecular formula is C64H40O. The first-order chi connectivity index (χ1) is 32.2. The van der Waals surface area contributed by atoms with Crippen molar-refractivity contribution in [2.75, 3.05) is 0 Å². The van der Waals surface area contributed by atoms with Crippen molar-refractivity contribution in [1.29, 1.82) is 0 Å². The summed E-state index contributed by atoms with van der Waals surface area (Å²) >= 11 is 0. The first-order valence-corrected chi connectivity index (χ1v) is 22.4. The van der Waals surface area contributed by atoms with Gasteiger partial charge in [0.2, 0.25) is 0 Å². The summed E-state index contributed by atoms with van der Waals surface area (Å²) in [6, 6.07) is 88.4. The van der Waals surface area contributed by atoms with Crippen molar-refractivity contribution in [3.05, 3.63) is 243 Å². The molecule has 0 radical (unpaired) electrons. The Bertz CT molecular complexity index is 3800. The SMILES string of the molecule is c1ccc(-c2cc(-c3ccccc3)cc(-c3c4ccccc4c(-c4ccc5c(c4)oc4ccc(-c6c7ccccc7c(-c7ccccc7)c7ccccc67)cc45)c4ccccc34)c2)cc1. The van der Waals surface area contributed by atoms with Gasteiger partial charge in [-0.25, -0.2) is 0 Å². The van der Waals surface area contributed by atoms with Crippen molar-refractivity contribution < 1.29 is 4.42 Å². The number of hydrogen-bond acceptors (Lipinski definition) is 1. The highest BCUT2D eigenvalue weighted by Gasteiger charge is 2.21. The van der Waals surface area contributed by atoms with E-state index < -0.39 is 0 Å². The quantitative estimate of drug-likeness (QED) is 0.152. The molecular weight excluding hydrogens is 785 g/mol. The molecule has 0 saturated carbocycles. The molecule has 302 valence electrons. The fourth-order valence-corrected chi connectivity index (χ4v) is 10.6. The summed E-state index contributed by atoms with van der Waals surface area (Å²) < 4.78 is 6.78. The summed E-state index contributed by atoms with van der Waals surface area (Å²) in [7, 11) is 0. The second-order valence-corrected chi connectivity index (χ2v) is 17.1. The molecule has 13 rings (SSSR count). The highest BCUT2D eigenvalue weighted by atomic mass is 16.3. The minimum absolute atomic E-state index is 0.879. The van der Waals surface area contributed by atoms with E-state index in [1.54, 1.807) is 0 Å². The lowest BCUT2D eigenvalue weighted by Crippen LogP contribution is -1.92. The van der Waals surface area contributed by atoms with E-state index in [0.29, 0.717) is 0 Å². The molecule has 1 aromatic heterocycles. The Kier molecular flexibility index (Phi) is 8.60. The Morgan fingerprint density at radius 3 is 0.954 bits per heavy atom. The summed E-state index contributed by atoms with van der Waals surface area (Å²) in [5.41, 5.74) is 16.3. The third kappa shape index (κ3) is 6.09. The van der Waals surface area contributed by atoms with Gasteiger partial charge in [-0.3, -0.25) is 0 Å². The Hall–Kier alpha value is -8.52. The van der Waals surface area contributed by atoms with E-state index in [2.05, 4.69) is 243 Å². The van der Waals surface area contributed by atoms with E-state index in [-0.39, 0.29) is 0 Å². The Morgan fingerprint density at radius 2 is 0.508 bits per heavy atom. The molecule has 1 heterocycles. The maximum absolute atomic E-state index is 6.78. The fourth-order valence-electron chi connectivity index (χ4n) is 10.6. The molecule has 13 aromatic rings. The predicted molar refractivity (Wildman–Crippen MR) is 276 cm³/mol. The third-order valence-corrected chi connectivity index (χ3v) is 13.4. The highest BCUT2D eigenvalue weighted by molar-refractivity contribution is 6.24. The molecule has 0 aliphatic heterocycles. The maximum Gasteiger partial charge on any atom is 0.136 e. The van der Waals surface area contributed by atoms with Gasteiger partial charge in [-0.1, -0.05) is 200 Å². The van der Waals surface area contributed by atoms with Crippen LogP contribution < -0.4 is 0 Å². The second kappa shape index (κ2) is 15.1. The molecule has 0 spiro atoms. The summed E-state index contributed by atoms with van der Waals surface area (Å²) in [6.45, 7) is 0. The fraction of sp³-hybridized carbons (Fsp3) is 0. The first-order valence-electron chi connectivity index (χ1n) is 22.4. The van der Waals surface area contributed by atoms with E-state index >= 15 is 0 Å². The average Bonchev–Trinajstić information content (AvgIpc) is 3.75. The topological polar surface area (TPSA) is 13.1 Å². The van der Waals surface area contributed by atoms with Crippen molar-refractivity contribution >= 4 is 65.0 Å². The van der Waals surface area contributed by atoms with E-state index in [1.807, 2.05) is 0 Å². The maximum atomic E-state index is 6.78. The smallest absolute Gasteiger partial charge is 0.136 e. The normalized spacial score (nSPS) is 11.7. The monoisotopic (exact) mass is 824 g/mol. The molecule has 0 bridgehead atoms. The zero-order valence-electron chi connectivity index (χ0n) is 35.5. The molecule has 12 aromatic carbocycles. The zero-order valence-corrected chi connectivity index (χ0v) is 35.5. The predicted octanol–water partition coefficient (Wildman–Crippen LogP) is 18.2. The van der Waals surface area contributed by atoms with E-state index in [1.165, 1.54) is 104 Å². The van der Waals surface area contributed by atoms with Gasteiger partial charge in [0.05, 0.1) is 0 Å². The average molecular weight is 825 g/mol. The Labute approximate surface area is 377 Å². The summed E-state index contributed by atoms with van der Waals surface area (Å²) in [5.74, 6) is 0. The minimum atomic E-state index is 0.879. The van der Waals surface area contributed by atoms with Crippen LogP contribution in [0.15, 0.2) is 247 Å². The van der Waals surface area contributed by atoms with Gasteiger partial charge in [0.25, 0.3) is 0 Å². The van der Waals surface area contributed by atoms with Crippen LogP contribution in [0.5, 0.6) is 0 Å². The van der Waals surface area contributed by atoms with Gasteiger partial charge < -0.3 is 4.42 Å². The highest BCUT2D eigenvalue weighted by Crippen LogP contribution is 2.48. The van der Waals surface area contributed by atoms with E-state index in [0.717, 1.165) is 27.5 Å². The minimum Gasteiger partial charge on any atom is -0.456 e. The van der Waals surface area contributed by atoms with Crippen LogP contribution in [0.2, 0.25) is 0 Å². The lowest BCUT2D eigenvalue weighted by Gasteiger charge is -2.19. The van der Waals surface area contributed by atoms with Crippen LogP contribution in [-0.2, 0) is 0 Å². The summed E-state index contributed by atoms with van der Waals surface area (Å²) in [5, 5.41) is 12.1. The molecule has 0 amide bonds. The van der Waals surface area contributed by atoms with Crippen molar-refractivity contribution in [3.8, 4) is 66.8 Å². The van der Waals surface area contributed by atoms with Crippen LogP contribution in [0.1, 0.15) is 0 Å². The molecule has 0 aliphatic rings. The molecule has 1 nitrogen and oxygen atoms in total. The van der Waals surface area contributed by atoms with E-state index in [4.69, 9.17) is 4.42 Å². The Balaban J connectivity index is 0.994. The molecule has 65 heavy (non-hydrogen) atoms. The van der Waals surface area contributed by atoms with Crippen molar-refractivity contribution in [1.82, 2.24) is 0 Å². The first kappa shape index (κ1) is 37.1. The molecule has 0 N–H and O–H groups in total. The molecule has 0 fully saturated rings. The number of benzene rings is 12. The molecule has 0 aliphatic carbocycles. The molecule has 0 saturated heterocycles. The van der Waals surface area contributed by atoms with Crippen molar-refractivity contribution in [2.45, 2.75) is 0 Å². The zero-order chi connectivity index (χ0) is 42.8. The standard InChI is InChI=1S/C64H40O/c1-4-18-41(19-5-1)46-36-47(42-20-6-2-7-21-42)38-48(37-46)64-56-30-16-14-28-54(56)63(55-29-15-17-31-57(55)64)45-32-34-49-58-39-44(33-35-59(58)65-60(49)40-45)62-52-26-12-10-24-50(52)61(43-22-8-3-9-23-43)51-25-11-13-27-53(51)62/h1-40H. The molecule has 0 unspecified atom stereocenters. The number of rotatable bonds is 6. The van der Waals surface area contributed by atoms with Gasteiger partial charge >= 0.3 is 0 Å². The van der Waals surface area contributed by atoms with Crippen LogP contribution in [0, 0.1) is 0 Å². The van der Waals surface area contributed by atoms with Crippen LogP contribution in [0.3, 0.4) is 0 Å². The summed E-state index contributed by atoms with van der Waals surface area (Å²) in [4.78, 5) is 0. The van der Waals surface area contributed by atoms with Gasteiger partial charge in [0.1, 0.15) is 11.2 Å². The molecule has 0 atom stereocenters. The van der Waals surface area contributed by atoms with Gasteiger partial charge in [-0.05, 0) is 152 Å². The van der Waals surface area contributed by atoms with Gasteiger partial charge in [-0.15, -0.1) is 0 Å². The lowest BCUT2D eigenvalue weighted by molar-refractivity contribution is 0.669. The van der Waals surface area contributed by atoms with Crippen molar-refractivity contribution in [3.63, 3.8) is 0 Å². The largest absolute Gasteiger partial charge is 0.456 e.